The van der Waals surface area contributed by atoms with E-state index < -0.39 is 0 Å². The molecular formula is C10H6BrNO2. The molecule has 0 atom stereocenters. The molecule has 4 heteroatoms. The summed E-state index contributed by atoms with van der Waals surface area (Å²) in [4.78, 5) is 15.4. The molecule has 0 aromatic carbocycles. The van der Waals surface area contributed by atoms with Gasteiger partial charge in [0.15, 0.2) is 0 Å². The first-order chi connectivity index (χ1) is 6.77. The molecule has 0 fully saturated rings. The lowest BCUT2D eigenvalue weighted by atomic mass is 10.2. The Hall–Kier alpha value is -1.42. The average molecular weight is 252 g/mol. The summed E-state index contributed by atoms with van der Waals surface area (Å²) < 4.78 is 5.52. The highest BCUT2D eigenvalue weighted by Crippen LogP contribution is 2.16. The first kappa shape index (κ1) is 9.15. The molecule has 0 aliphatic carbocycles. The molecule has 0 radical (unpaired) electrons. The van der Waals surface area contributed by atoms with Crippen molar-refractivity contribution in [2.75, 3.05) is 0 Å². The molecule has 2 heterocycles. The maximum Gasteiger partial charge on any atom is 0.345 e. The standard InChI is InChI=1S/C10H6BrNO2/c11-7-5-8(10(13)14-6-7)9-3-1-2-4-12-9/h1-6H. The number of halogens is 1. The summed E-state index contributed by atoms with van der Waals surface area (Å²) in [5.74, 6) is 0. The molecule has 0 aliphatic rings. The maximum atomic E-state index is 11.3. The van der Waals surface area contributed by atoms with Gasteiger partial charge in [-0.2, -0.15) is 0 Å². The van der Waals surface area contributed by atoms with Crippen LogP contribution in [0.3, 0.4) is 0 Å². The van der Waals surface area contributed by atoms with Gasteiger partial charge in [0.1, 0.15) is 6.26 Å². The molecule has 0 spiro atoms. The molecule has 14 heavy (non-hydrogen) atoms. The maximum absolute atomic E-state index is 11.3. The van der Waals surface area contributed by atoms with Gasteiger partial charge in [0.25, 0.3) is 0 Å². The molecule has 0 saturated carbocycles. The quantitative estimate of drug-likeness (QED) is 0.782. The molecule has 0 N–H and O–H groups in total. The highest BCUT2D eigenvalue weighted by Gasteiger charge is 2.05. The zero-order valence-corrected chi connectivity index (χ0v) is 8.69. The molecule has 2 aromatic heterocycles. The smallest absolute Gasteiger partial charge is 0.345 e. The Bertz CT molecular complexity index is 493. The van der Waals surface area contributed by atoms with E-state index in [1.54, 1.807) is 24.4 Å². The number of hydrogen-bond donors (Lipinski definition) is 0. The SMILES string of the molecule is O=c1occ(Br)cc1-c1ccccn1. The van der Waals surface area contributed by atoms with E-state index in [1.165, 1.54) is 6.26 Å². The molecule has 0 bridgehead atoms. The van der Waals surface area contributed by atoms with Crippen LogP contribution in [0.2, 0.25) is 0 Å². The summed E-state index contributed by atoms with van der Waals surface area (Å²) in [5.41, 5.74) is 0.689. The zero-order valence-electron chi connectivity index (χ0n) is 7.11. The van der Waals surface area contributed by atoms with Crippen molar-refractivity contribution in [1.29, 1.82) is 0 Å². The van der Waals surface area contributed by atoms with Gasteiger partial charge in [-0.1, -0.05) is 6.07 Å². The van der Waals surface area contributed by atoms with Gasteiger partial charge in [-0.15, -0.1) is 0 Å². The largest absolute Gasteiger partial charge is 0.430 e. The molecule has 70 valence electrons. The van der Waals surface area contributed by atoms with E-state index in [0.717, 1.165) is 4.47 Å². The Morgan fingerprint density at radius 2 is 2.21 bits per heavy atom. The van der Waals surface area contributed by atoms with Crippen molar-refractivity contribution in [2.45, 2.75) is 0 Å². The monoisotopic (exact) mass is 251 g/mol. The molecule has 0 amide bonds. The summed E-state index contributed by atoms with van der Waals surface area (Å²) >= 11 is 3.23. The Morgan fingerprint density at radius 1 is 1.36 bits per heavy atom. The predicted octanol–water partition coefficient (Wildman–Crippen LogP) is 2.46. The van der Waals surface area contributed by atoms with Gasteiger partial charge in [0.05, 0.1) is 15.7 Å². The summed E-state index contributed by atoms with van der Waals surface area (Å²) in [7, 11) is 0. The second kappa shape index (κ2) is 3.75. The Labute approximate surface area is 88.5 Å². The van der Waals surface area contributed by atoms with Gasteiger partial charge in [0.2, 0.25) is 0 Å². The fourth-order valence-electron chi connectivity index (χ4n) is 1.10. The van der Waals surface area contributed by atoms with Crippen LogP contribution in [0.5, 0.6) is 0 Å². The Balaban J connectivity index is 2.63. The van der Waals surface area contributed by atoms with Crippen LogP contribution in [0.1, 0.15) is 0 Å². The lowest BCUT2D eigenvalue weighted by Crippen LogP contribution is -2.02. The van der Waals surface area contributed by atoms with Gasteiger partial charge in [0, 0.05) is 6.20 Å². The van der Waals surface area contributed by atoms with Gasteiger partial charge in [-0.25, -0.2) is 4.79 Å². The highest BCUT2D eigenvalue weighted by molar-refractivity contribution is 9.10. The van der Waals surface area contributed by atoms with E-state index >= 15 is 0 Å². The van der Waals surface area contributed by atoms with Crippen LogP contribution in [0, 0.1) is 0 Å². The Morgan fingerprint density at radius 3 is 2.93 bits per heavy atom. The van der Waals surface area contributed by atoms with Crippen LogP contribution in [0.25, 0.3) is 11.3 Å². The summed E-state index contributed by atoms with van der Waals surface area (Å²) in [6.07, 6.45) is 2.99. The van der Waals surface area contributed by atoms with Crippen molar-refractivity contribution in [3.8, 4) is 11.3 Å². The third-order valence-electron chi connectivity index (χ3n) is 1.72. The van der Waals surface area contributed by atoms with Crippen molar-refractivity contribution in [3.05, 3.63) is 51.6 Å². The molecular weight excluding hydrogens is 246 g/mol. The molecule has 2 rings (SSSR count). The van der Waals surface area contributed by atoms with Crippen LogP contribution in [0.15, 0.2) is 50.4 Å². The summed E-state index contributed by atoms with van der Waals surface area (Å²) in [6, 6.07) is 7.07. The van der Waals surface area contributed by atoms with Gasteiger partial charge in [-0.3, -0.25) is 4.98 Å². The van der Waals surface area contributed by atoms with Gasteiger partial charge in [-0.05, 0) is 34.1 Å². The molecule has 2 aromatic rings. The minimum atomic E-state index is -0.382. The van der Waals surface area contributed by atoms with Crippen molar-refractivity contribution >= 4 is 15.9 Å². The molecule has 3 nitrogen and oxygen atoms in total. The molecule has 0 aliphatic heterocycles. The average Bonchev–Trinajstić information content (AvgIpc) is 2.23. The van der Waals surface area contributed by atoms with Crippen LogP contribution in [-0.4, -0.2) is 4.98 Å². The van der Waals surface area contributed by atoms with E-state index in [0.29, 0.717) is 11.3 Å². The molecule has 0 unspecified atom stereocenters. The summed E-state index contributed by atoms with van der Waals surface area (Å²) in [5, 5.41) is 0. The van der Waals surface area contributed by atoms with Gasteiger partial charge >= 0.3 is 5.63 Å². The number of nitrogens with zero attached hydrogens (tertiary/aromatic N) is 1. The molecule has 0 saturated heterocycles. The van der Waals surface area contributed by atoms with Crippen LogP contribution in [-0.2, 0) is 0 Å². The topological polar surface area (TPSA) is 43.1 Å². The lowest BCUT2D eigenvalue weighted by molar-refractivity contribution is 0.509. The fraction of sp³-hybridized carbons (Fsp3) is 0. The van der Waals surface area contributed by atoms with E-state index in [4.69, 9.17) is 4.42 Å². The zero-order chi connectivity index (χ0) is 9.97. The first-order valence-electron chi connectivity index (χ1n) is 3.97. The minimum Gasteiger partial charge on any atom is -0.430 e. The van der Waals surface area contributed by atoms with E-state index in [9.17, 15) is 4.79 Å². The Kier molecular flexibility index (Phi) is 2.45. The predicted molar refractivity (Wildman–Crippen MR) is 55.9 cm³/mol. The van der Waals surface area contributed by atoms with Crippen LogP contribution < -0.4 is 5.63 Å². The highest BCUT2D eigenvalue weighted by atomic mass is 79.9. The van der Waals surface area contributed by atoms with Crippen LogP contribution in [0.4, 0.5) is 0 Å². The van der Waals surface area contributed by atoms with Gasteiger partial charge < -0.3 is 4.42 Å². The van der Waals surface area contributed by atoms with Crippen molar-refractivity contribution in [3.63, 3.8) is 0 Å². The minimum absolute atomic E-state index is 0.382. The first-order valence-corrected chi connectivity index (χ1v) is 4.76. The van der Waals surface area contributed by atoms with E-state index in [1.807, 2.05) is 6.07 Å². The number of rotatable bonds is 1. The summed E-state index contributed by atoms with van der Waals surface area (Å²) in [6.45, 7) is 0. The van der Waals surface area contributed by atoms with Crippen molar-refractivity contribution in [2.24, 2.45) is 0 Å². The van der Waals surface area contributed by atoms with E-state index in [2.05, 4.69) is 20.9 Å². The fourth-order valence-corrected chi connectivity index (χ4v) is 1.43. The van der Waals surface area contributed by atoms with Crippen molar-refractivity contribution in [1.82, 2.24) is 4.98 Å². The lowest BCUT2D eigenvalue weighted by Gasteiger charge is -1.97. The van der Waals surface area contributed by atoms with Crippen molar-refractivity contribution < 1.29 is 4.42 Å². The number of pyridine rings is 1. The third-order valence-corrected chi connectivity index (χ3v) is 2.14. The second-order valence-corrected chi connectivity index (χ2v) is 3.60. The number of hydrogen-bond acceptors (Lipinski definition) is 3. The normalized spacial score (nSPS) is 10.1. The van der Waals surface area contributed by atoms with E-state index in [-0.39, 0.29) is 5.63 Å². The van der Waals surface area contributed by atoms with Crippen LogP contribution >= 0.6 is 15.9 Å². The number of aromatic nitrogens is 1. The second-order valence-electron chi connectivity index (χ2n) is 2.68. The third kappa shape index (κ3) is 1.75.